The van der Waals surface area contributed by atoms with Gasteiger partial charge in [-0.1, -0.05) is 26.7 Å². The van der Waals surface area contributed by atoms with Crippen LogP contribution in [0.2, 0.25) is 0 Å². The van der Waals surface area contributed by atoms with Crippen molar-refractivity contribution in [1.82, 2.24) is 15.5 Å². The van der Waals surface area contributed by atoms with Crippen LogP contribution in [0.5, 0.6) is 0 Å². The second-order valence-electron chi connectivity index (χ2n) is 5.55. The molecule has 0 bridgehead atoms. The van der Waals surface area contributed by atoms with Gasteiger partial charge in [0.25, 0.3) is 0 Å². The van der Waals surface area contributed by atoms with E-state index in [1.54, 1.807) is 18.3 Å². The van der Waals surface area contributed by atoms with Crippen LogP contribution in [0.4, 0.5) is 4.39 Å². The fourth-order valence-electron chi connectivity index (χ4n) is 2.67. The van der Waals surface area contributed by atoms with Gasteiger partial charge in [-0.15, -0.1) is 0 Å². The van der Waals surface area contributed by atoms with Gasteiger partial charge in [-0.3, -0.25) is 5.10 Å². The van der Waals surface area contributed by atoms with Crippen LogP contribution in [-0.2, 0) is 6.54 Å². The third-order valence-electron chi connectivity index (χ3n) is 4.11. The lowest BCUT2D eigenvalue weighted by Gasteiger charge is -2.20. The summed E-state index contributed by atoms with van der Waals surface area (Å²) in [4.78, 5) is 0. The van der Waals surface area contributed by atoms with Gasteiger partial charge in [0.15, 0.2) is 0 Å². The van der Waals surface area contributed by atoms with E-state index in [0.717, 1.165) is 29.7 Å². The first kappa shape index (κ1) is 16.6. The first-order chi connectivity index (χ1) is 10.7. The molecule has 1 heterocycles. The molecule has 3 N–H and O–H groups in total. The van der Waals surface area contributed by atoms with Gasteiger partial charge in [0.2, 0.25) is 0 Å². The van der Waals surface area contributed by atoms with E-state index in [9.17, 15) is 9.50 Å². The number of aliphatic hydroxyl groups excluding tert-OH is 1. The molecule has 1 unspecified atom stereocenters. The molecule has 0 fully saturated rings. The number of H-pyrrole nitrogens is 1. The molecule has 0 saturated heterocycles. The van der Waals surface area contributed by atoms with Crippen molar-refractivity contribution >= 4 is 0 Å². The first-order valence-electron chi connectivity index (χ1n) is 7.82. The average molecular weight is 305 g/mol. The van der Waals surface area contributed by atoms with Crippen molar-refractivity contribution in [2.45, 2.75) is 39.3 Å². The third kappa shape index (κ3) is 4.15. The Kier molecular flexibility index (Phi) is 6.10. The van der Waals surface area contributed by atoms with Crippen molar-refractivity contribution in [2.24, 2.45) is 5.92 Å². The summed E-state index contributed by atoms with van der Waals surface area (Å²) in [5.74, 6) is 0.0738. The monoisotopic (exact) mass is 305 g/mol. The van der Waals surface area contributed by atoms with Gasteiger partial charge in [-0.05, 0) is 30.2 Å². The van der Waals surface area contributed by atoms with Crippen molar-refractivity contribution in [3.8, 4) is 11.3 Å². The van der Waals surface area contributed by atoms with E-state index in [1.807, 2.05) is 0 Å². The van der Waals surface area contributed by atoms with E-state index in [2.05, 4.69) is 29.4 Å². The van der Waals surface area contributed by atoms with Gasteiger partial charge in [-0.2, -0.15) is 5.10 Å². The number of aliphatic hydroxyl groups is 1. The molecule has 2 aromatic rings. The third-order valence-corrected chi connectivity index (χ3v) is 4.11. The number of benzene rings is 1. The second-order valence-corrected chi connectivity index (χ2v) is 5.55. The summed E-state index contributed by atoms with van der Waals surface area (Å²) in [6, 6.07) is 6.32. The number of aromatic amines is 1. The molecular formula is C17H24FN3O. The summed E-state index contributed by atoms with van der Waals surface area (Å²) >= 11 is 0. The Balaban J connectivity index is 1.95. The Morgan fingerprint density at radius 3 is 2.55 bits per heavy atom. The highest BCUT2D eigenvalue weighted by molar-refractivity contribution is 5.62. The van der Waals surface area contributed by atoms with Crippen LogP contribution >= 0.6 is 0 Å². The molecule has 0 aliphatic heterocycles. The lowest BCUT2D eigenvalue weighted by Crippen LogP contribution is -2.32. The largest absolute Gasteiger partial charge is 0.392 e. The molecule has 1 atom stereocenters. The molecule has 1 aromatic carbocycles. The van der Waals surface area contributed by atoms with Crippen LogP contribution in [0.25, 0.3) is 11.3 Å². The first-order valence-corrected chi connectivity index (χ1v) is 7.82. The van der Waals surface area contributed by atoms with Gasteiger partial charge in [0.1, 0.15) is 5.82 Å². The highest BCUT2D eigenvalue weighted by Gasteiger charge is 2.15. The Hall–Kier alpha value is -1.72. The summed E-state index contributed by atoms with van der Waals surface area (Å²) in [7, 11) is 0. The fourth-order valence-corrected chi connectivity index (χ4v) is 2.67. The second kappa shape index (κ2) is 8.06. The zero-order valence-corrected chi connectivity index (χ0v) is 13.1. The molecule has 0 amide bonds. The lowest BCUT2D eigenvalue weighted by atomic mass is 9.96. The van der Waals surface area contributed by atoms with Crippen molar-refractivity contribution in [2.75, 3.05) is 6.54 Å². The molecule has 0 spiro atoms. The van der Waals surface area contributed by atoms with E-state index < -0.39 is 0 Å². The van der Waals surface area contributed by atoms with Crippen molar-refractivity contribution < 1.29 is 9.50 Å². The number of halogens is 1. The zero-order valence-electron chi connectivity index (χ0n) is 13.1. The number of hydrogen-bond donors (Lipinski definition) is 3. The van der Waals surface area contributed by atoms with Crippen molar-refractivity contribution in [3.63, 3.8) is 0 Å². The van der Waals surface area contributed by atoms with Gasteiger partial charge in [0, 0.05) is 24.2 Å². The highest BCUT2D eigenvalue weighted by atomic mass is 19.1. The van der Waals surface area contributed by atoms with Gasteiger partial charge < -0.3 is 10.4 Å². The predicted octanol–water partition coefficient (Wildman–Crippen LogP) is 3.10. The van der Waals surface area contributed by atoms with Gasteiger partial charge in [0.05, 0.1) is 18.0 Å². The van der Waals surface area contributed by atoms with E-state index in [0.29, 0.717) is 19.0 Å². The molecule has 0 saturated carbocycles. The molecule has 4 nitrogen and oxygen atoms in total. The number of aromatic nitrogens is 2. The maximum absolute atomic E-state index is 13.0. The average Bonchev–Trinajstić information content (AvgIpc) is 2.98. The Morgan fingerprint density at radius 1 is 1.23 bits per heavy atom. The minimum atomic E-state index is -0.337. The quantitative estimate of drug-likeness (QED) is 0.702. The topological polar surface area (TPSA) is 60.9 Å². The van der Waals surface area contributed by atoms with Crippen LogP contribution in [0.15, 0.2) is 30.5 Å². The van der Waals surface area contributed by atoms with Crippen molar-refractivity contribution in [3.05, 3.63) is 41.8 Å². The van der Waals surface area contributed by atoms with E-state index in [4.69, 9.17) is 0 Å². The highest BCUT2D eigenvalue weighted by Crippen LogP contribution is 2.21. The molecule has 2 rings (SSSR count). The van der Waals surface area contributed by atoms with Crippen LogP contribution in [0, 0.1) is 11.7 Å². The summed E-state index contributed by atoms with van der Waals surface area (Å²) in [5, 5.41) is 20.4. The van der Waals surface area contributed by atoms with E-state index in [1.165, 1.54) is 12.1 Å². The Bertz CT molecular complexity index is 564. The number of hydrogen-bond acceptors (Lipinski definition) is 3. The SMILES string of the molecule is CCC(CC)C(O)CNCc1cn[nH]c1-c1ccc(F)cc1. The molecule has 22 heavy (non-hydrogen) atoms. The Morgan fingerprint density at radius 2 is 1.91 bits per heavy atom. The predicted molar refractivity (Wildman–Crippen MR) is 85.8 cm³/mol. The summed E-state index contributed by atoms with van der Waals surface area (Å²) < 4.78 is 13.0. The molecule has 1 aromatic heterocycles. The molecule has 0 aliphatic carbocycles. The summed E-state index contributed by atoms with van der Waals surface area (Å²) in [5.41, 5.74) is 2.78. The fraction of sp³-hybridized carbons (Fsp3) is 0.471. The zero-order chi connectivity index (χ0) is 15.9. The standard InChI is InChI=1S/C17H24FN3O/c1-3-12(4-2)16(22)11-19-9-14-10-20-21-17(14)13-5-7-15(18)8-6-13/h5-8,10,12,16,19,22H,3-4,9,11H2,1-2H3,(H,20,21). The molecular weight excluding hydrogens is 281 g/mol. The number of rotatable bonds is 8. The Labute approximate surface area is 130 Å². The summed E-state index contributed by atoms with van der Waals surface area (Å²) in [6.45, 7) is 5.36. The number of nitrogens with zero attached hydrogens (tertiary/aromatic N) is 1. The molecule has 5 heteroatoms. The van der Waals surface area contributed by atoms with Crippen LogP contribution < -0.4 is 5.32 Å². The smallest absolute Gasteiger partial charge is 0.123 e. The van der Waals surface area contributed by atoms with Crippen LogP contribution in [0.3, 0.4) is 0 Å². The van der Waals surface area contributed by atoms with Crippen molar-refractivity contribution in [1.29, 1.82) is 0 Å². The maximum atomic E-state index is 13.0. The van der Waals surface area contributed by atoms with E-state index in [-0.39, 0.29) is 11.9 Å². The minimum Gasteiger partial charge on any atom is -0.392 e. The van der Waals surface area contributed by atoms with Gasteiger partial charge >= 0.3 is 0 Å². The normalized spacial score (nSPS) is 12.8. The lowest BCUT2D eigenvalue weighted by molar-refractivity contribution is 0.101. The van der Waals surface area contributed by atoms with E-state index >= 15 is 0 Å². The van der Waals surface area contributed by atoms with Crippen LogP contribution in [0.1, 0.15) is 32.3 Å². The summed E-state index contributed by atoms with van der Waals surface area (Å²) in [6.07, 6.45) is 3.38. The minimum absolute atomic E-state index is 0.253. The number of nitrogens with one attached hydrogen (secondary N) is 2. The maximum Gasteiger partial charge on any atom is 0.123 e. The molecule has 0 radical (unpaired) electrons. The molecule has 0 aliphatic rings. The van der Waals surface area contributed by atoms with Gasteiger partial charge in [-0.25, -0.2) is 4.39 Å². The van der Waals surface area contributed by atoms with Crippen LogP contribution in [-0.4, -0.2) is 28.0 Å². The molecule has 120 valence electrons.